The second-order valence-electron chi connectivity index (χ2n) is 4.71. The second-order valence-corrected chi connectivity index (χ2v) is 5.52. The Morgan fingerprint density at radius 1 is 1.29 bits per heavy atom. The molecule has 17 heavy (non-hydrogen) atoms. The Bertz CT molecular complexity index is 395. The number of piperidine rings is 1. The Labute approximate surface area is 113 Å². The van der Waals surface area contributed by atoms with Crippen LogP contribution >= 0.6 is 23.2 Å². The minimum Gasteiger partial charge on any atom is -0.371 e. The molecule has 1 aromatic carbocycles. The van der Waals surface area contributed by atoms with Gasteiger partial charge in [0.1, 0.15) is 0 Å². The van der Waals surface area contributed by atoms with Crippen LogP contribution in [-0.2, 0) is 0 Å². The standard InChI is InChI=1S/C13H18Cl2N2/c1-9-8-17(6-5-13(9)16-2)10-3-4-11(14)12(15)7-10/h3-4,7,9,13,16H,5-6,8H2,1-2H3. The third kappa shape index (κ3) is 2.87. The molecule has 1 fully saturated rings. The molecule has 2 rings (SSSR count). The molecule has 4 heteroatoms. The van der Waals surface area contributed by atoms with Crippen molar-refractivity contribution in [3.63, 3.8) is 0 Å². The highest BCUT2D eigenvalue weighted by Gasteiger charge is 2.24. The summed E-state index contributed by atoms with van der Waals surface area (Å²) in [5.41, 5.74) is 1.17. The van der Waals surface area contributed by atoms with Gasteiger partial charge in [0.15, 0.2) is 0 Å². The molecule has 0 radical (unpaired) electrons. The van der Waals surface area contributed by atoms with Gasteiger partial charge in [0, 0.05) is 24.8 Å². The number of hydrogen-bond acceptors (Lipinski definition) is 2. The van der Waals surface area contributed by atoms with E-state index in [1.54, 1.807) is 0 Å². The molecule has 0 saturated carbocycles. The lowest BCUT2D eigenvalue weighted by atomic mass is 9.93. The van der Waals surface area contributed by atoms with E-state index in [1.807, 2.05) is 25.2 Å². The van der Waals surface area contributed by atoms with Gasteiger partial charge in [-0.1, -0.05) is 30.1 Å². The van der Waals surface area contributed by atoms with Crippen LogP contribution in [-0.4, -0.2) is 26.2 Å². The van der Waals surface area contributed by atoms with Crippen molar-refractivity contribution in [3.8, 4) is 0 Å². The van der Waals surface area contributed by atoms with Crippen molar-refractivity contribution in [1.82, 2.24) is 5.32 Å². The Morgan fingerprint density at radius 2 is 2.06 bits per heavy atom. The fourth-order valence-corrected chi connectivity index (χ4v) is 2.78. The summed E-state index contributed by atoms with van der Waals surface area (Å²) in [6.07, 6.45) is 1.16. The van der Waals surface area contributed by atoms with Gasteiger partial charge in [-0.3, -0.25) is 0 Å². The average Bonchev–Trinajstić information content (AvgIpc) is 2.32. The lowest BCUT2D eigenvalue weighted by molar-refractivity contribution is 0.339. The molecule has 1 aliphatic heterocycles. The van der Waals surface area contributed by atoms with Crippen LogP contribution < -0.4 is 10.2 Å². The normalized spacial score (nSPS) is 25.1. The maximum atomic E-state index is 6.05. The third-order valence-electron chi connectivity index (χ3n) is 3.54. The average molecular weight is 273 g/mol. The summed E-state index contributed by atoms with van der Waals surface area (Å²) in [4.78, 5) is 2.38. The second kappa shape index (κ2) is 5.47. The van der Waals surface area contributed by atoms with Gasteiger partial charge in [-0.05, 0) is 37.6 Å². The first-order valence-electron chi connectivity index (χ1n) is 5.99. The van der Waals surface area contributed by atoms with Crippen molar-refractivity contribution in [2.45, 2.75) is 19.4 Å². The van der Waals surface area contributed by atoms with Crippen molar-refractivity contribution in [1.29, 1.82) is 0 Å². The van der Waals surface area contributed by atoms with Gasteiger partial charge in [0.05, 0.1) is 10.0 Å². The monoisotopic (exact) mass is 272 g/mol. The summed E-state index contributed by atoms with van der Waals surface area (Å²) in [6.45, 7) is 4.40. The van der Waals surface area contributed by atoms with Gasteiger partial charge < -0.3 is 10.2 Å². The first-order chi connectivity index (χ1) is 8.11. The fraction of sp³-hybridized carbons (Fsp3) is 0.538. The van der Waals surface area contributed by atoms with Crippen molar-refractivity contribution in [2.24, 2.45) is 5.92 Å². The van der Waals surface area contributed by atoms with E-state index in [2.05, 4.69) is 17.1 Å². The molecule has 0 bridgehead atoms. The van der Waals surface area contributed by atoms with Crippen LogP contribution in [0.5, 0.6) is 0 Å². The summed E-state index contributed by atoms with van der Waals surface area (Å²) >= 11 is 12.0. The summed E-state index contributed by atoms with van der Waals surface area (Å²) in [5, 5.41) is 4.62. The molecule has 0 aromatic heterocycles. The molecule has 1 saturated heterocycles. The molecule has 1 heterocycles. The smallest absolute Gasteiger partial charge is 0.0612 e. The van der Waals surface area contributed by atoms with E-state index in [-0.39, 0.29) is 0 Å². The van der Waals surface area contributed by atoms with Gasteiger partial charge in [-0.15, -0.1) is 0 Å². The van der Waals surface area contributed by atoms with Crippen LogP contribution in [0.3, 0.4) is 0 Å². The zero-order valence-corrected chi connectivity index (χ0v) is 11.7. The van der Waals surface area contributed by atoms with Crippen LogP contribution in [0.4, 0.5) is 5.69 Å². The number of rotatable bonds is 2. The Hall–Kier alpha value is -0.440. The summed E-state index contributed by atoms with van der Waals surface area (Å²) in [6, 6.07) is 6.49. The number of nitrogens with zero attached hydrogens (tertiary/aromatic N) is 1. The van der Waals surface area contributed by atoms with Crippen LogP contribution in [0.1, 0.15) is 13.3 Å². The zero-order valence-electron chi connectivity index (χ0n) is 10.2. The van der Waals surface area contributed by atoms with Crippen LogP contribution in [0.2, 0.25) is 10.0 Å². The first-order valence-corrected chi connectivity index (χ1v) is 6.74. The quantitative estimate of drug-likeness (QED) is 0.888. The van der Waals surface area contributed by atoms with Gasteiger partial charge in [0.25, 0.3) is 0 Å². The number of anilines is 1. The minimum atomic E-state index is 0.619. The largest absolute Gasteiger partial charge is 0.371 e. The maximum Gasteiger partial charge on any atom is 0.0612 e. The van der Waals surface area contributed by atoms with Crippen LogP contribution in [0, 0.1) is 5.92 Å². The van der Waals surface area contributed by atoms with Crippen LogP contribution in [0.15, 0.2) is 18.2 Å². The van der Waals surface area contributed by atoms with Gasteiger partial charge >= 0.3 is 0 Å². The van der Waals surface area contributed by atoms with E-state index >= 15 is 0 Å². The molecule has 0 spiro atoms. The Kier molecular flexibility index (Phi) is 4.18. The SMILES string of the molecule is CNC1CCN(c2ccc(Cl)c(Cl)c2)CC1C. The number of hydrogen-bond donors (Lipinski definition) is 1. The first kappa shape index (κ1) is 13.0. The highest BCUT2D eigenvalue weighted by Crippen LogP contribution is 2.29. The lowest BCUT2D eigenvalue weighted by Crippen LogP contribution is -2.47. The lowest BCUT2D eigenvalue weighted by Gasteiger charge is -2.38. The van der Waals surface area contributed by atoms with Crippen molar-refractivity contribution in [3.05, 3.63) is 28.2 Å². The molecule has 1 N–H and O–H groups in total. The summed E-state index contributed by atoms with van der Waals surface area (Å²) < 4.78 is 0. The van der Waals surface area contributed by atoms with E-state index < -0.39 is 0 Å². The molecule has 2 unspecified atom stereocenters. The molecule has 1 aliphatic rings. The van der Waals surface area contributed by atoms with Crippen molar-refractivity contribution >= 4 is 28.9 Å². The molecule has 2 atom stereocenters. The molecule has 2 nitrogen and oxygen atoms in total. The number of nitrogens with one attached hydrogen (secondary N) is 1. The van der Waals surface area contributed by atoms with Gasteiger partial charge in [-0.2, -0.15) is 0 Å². The topological polar surface area (TPSA) is 15.3 Å². The van der Waals surface area contributed by atoms with E-state index in [4.69, 9.17) is 23.2 Å². The maximum absolute atomic E-state index is 6.05. The Morgan fingerprint density at radius 3 is 2.65 bits per heavy atom. The van der Waals surface area contributed by atoms with E-state index in [9.17, 15) is 0 Å². The van der Waals surface area contributed by atoms with E-state index in [0.29, 0.717) is 22.0 Å². The summed E-state index contributed by atoms with van der Waals surface area (Å²) in [5.74, 6) is 0.642. The molecular weight excluding hydrogens is 255 g/mol. The highest BCUT2D eigenvalue weighted by atomic mass is 35.5. The molecule has 1 aromatic rings. The minimum absolute atomic E-state index is 0.619. The molecular formula is C13H18Cl2N2. The fourth-order valence-electron chi connectivity index (χ4n) is 2.49. The van der Waals surface area contributed by atoms with E-state index in [0.717, 1.165) is 19.5 Å². The van der Waals surface area contributed by atoms with Crippen LogP contribution in [0.25, 0.3) is 0 Å². The van der Waals surface area contributed by atoms with Gasteiger partial charge in [-0.25, -0.2) is 0 Å². The molecule has 0 amide bonds. The summed E-state index contributed by atoms with van der Waals surface area (Å²) in [7, 11) is 2.04. The highest BCUT2D eigenvalue weighted by molar-refractivity contribution is 6.42. The number of benzene rings is 1. The Balaban J connectivity index is 2.11. The van der Waals surface area contributed by atoms with Crippen molar-refractivity contribution < 1.29 is 0 Å². The van der Waals surface area contributed by atoms with Crippen molar-refractivity contribution in [2.75, 3.05) is 25.0 Å². The predicted molar refractivity (Wildman–Crippen MR) is 75.3 cm³/mol. The third-order valence-corrected chi connectivity index (χ3v) is 4.28. The molecule has 0 aliphatic carbocycles. The number of halogens is 2. The molecule has 94 valence electrons. The zero-order chi connectivity index (χ0) is 12.4. The predicted octanol–water partition coefficient (Wildman–Crippen LogP) is 3.43. The van der Waals surface area contributed by atoms with Gasteiger partial charge in [0.2, 0.25) is 0 Å². The van der Waals surface area contributed by atoms with E-state index in [1.165, 1.54) is 5.69 Å².